The highest BCUT2D eigenvalue weighted by atomic mass is 16.2. The Hall–Kier alpha value is -2.70. The molecular formula is C21H25N3O4. The van der Waals surface area contributed by atoms with Crippen LogP contribution in [0.2, 0.25) is 0 Å². The van der Waals surface area contributed by atoms with E-state index < -0.39 is 0 Å². The molecule has 2 aliphatic heterocycles. The van der Waals surface area contributed by atoms with Gasteiger partial charge < -0.3 is 10.2 Å². The van der Waals surface area contributed by atoms with E-state index in [-0.39, 0.29) is 48.4 Å². The van der Waals surface area contributed by atoms with Gasteiger partial charge in [0.1, 0.15) is 0 Å². The monoisotopic (exact) mass is 383 g/mol. The van der Waals surface area contributed by atoms with Gasteiger partial charge in [-0.3, -0.25) is 24.1 Å². The predicted octanol–water partition coefficient (Wildman–Crippen LogP) is 2.32. The van der Waals surface area contributed by atoms with Crippen molar-refractivity contribution in [1.29, 1.82) is 0 Å². The molecule has 3 fully saturated rings. The van der Waals surface area contributed by atoms with Gasteiger partial charge in [0, 0.05) is 37.3 Å². The molecule has 3 aliphatic rings. The van der Waals surface area contributed by atoms with Crippen LogP contribution in [0.5, 0.6) is 0 Å². The minimum Gasteiger partial charge on any atom is -0.326 e. The van der Waals surface area contributed by atoms with Crippen LogP contribution in [0, 0.1) is 11.8 Å². The van der Waals surface area contributed by atoms with Gasteiger partial charge in [0.05, 0.1) is 11.8 Å². The summed E-state index contributed by atoms with van der Waals surface area (Å²) in [5.74, 6) is -0.747. The minimum absolute atomic E-state index is 0.0732. The number of hydrogen-bond donors (Lipinski definition) is 1. The molecule has 4 amide bonds. The third-order valence-corrected chi connectivity index (χ3v) is 6.01. The number of benzene rings is 1. The first-order valence-corrected chi connectivity index (χ1v) is 10.1. The van der Waals surface area contributed by atoms with Crippen molar-refractivity contribution in [2.75, 3.05) is 23.3 Å². The van der Waals surface area contributed by atoms with Crippen LogP contribution >= 0.6 is 0 Å². The highest BCUT2D eigenvalue weighted by Gasteiger charge is 2.47. The maximum absolute atomic E-state index is 12.5. The normalized spacial score (nSPS) is 24.6. The fraction of sp³-hybridized carbons (Fsp3) is 0.524. The van der Waals surface area contributed by atoms with Gasteiger partial charge in [-0.25, -0.2) is 0 Å². The molecule has 2 heterocycles. The van der Waals surface area contributed by atoms with Crippen LogP contribution in [-0.2, 0) is 19.2 Å². The summed E-state index contributed by atoms with van der Waals surface area (Å²) in [6.07, 6.45) is 5.00. The lowest BCUT2D eigenvalue weighted by Gasteiger charge is -2.19. The number of rotatable bonds is 5. The Balaban J connectivity index is 1.34. The summed E-state index contributed by atoms with van der Waals surface area (Å²) in [5, 5.41) is 2.81. The van der Waals surface area contributed by atoms with E-state index >= 15 is 0 Å². The molecule has 0 bridgehead atoms. The fourth-order valence-electron chi connectivity index (χ4n) is 4.56. The lowest BCUT2D eigenvalue weighted by atomic mass is 9.81. The van der Waals surface area contributed by atoms with Crippen LogP contribution in [0.3, 0.4) is 0 Å². The second-order valence-corrected chi connectivity index (χ2v) is 7.82. The van der Waals surface area contributed by atoms with Crippen LogP contribution < -0.4 is 10.2 Å². The Morgan fingerprint density at radius 2 is 1.75 bits per heavy atom. The molecule has 7 heteroatoms. The summed E-state index contributed by atoms with van der Waals surface area (Å²) in [4.78, 5) is 52.2. The second kappa shape index (κ2) is 7.73. The van der Waals surface area contributed by atoms with Gasteiger partial charge in [-0.2, -0.15) is 0 Å². The lowest BCUT2D eigenvalue weighted by molar-refractivity contribution is -0.140. The Kier molecular flexibility index (Phi) is 5.15. The molecule has 1 aromatic rings. The van der Waals surface area contributed by atoms with Crippen molar-refractivity contribution in [2.24, 2.45) is 11.8 Å². The van der Waals surface area contributed by atoms with Gasteiger partial charge in [-0.1, -0.05) is 18.9 Å². The van der Waals surface area contributed by atoms with Gasteiger partial charge in [0.15, 0.2) is 0 Å². The molecule has 4 rings (SSSR count). The predicted molar refractivity (Wildman–Crippen MR) is 103 cm³/mol. The SMILES string of the molecule is O=C(CCN1C(=O)[C@H]2CCCC[C@@H]2C1=O)Nc1cccc(N2CCCC2=O)c1. The van der Waals surface area contributed by atoms with Crippen LogP contribution in [0.4, 0.5) is 11.4 Å². The van der Waals surface area contributed by atoms with Crippen molar-refractivity contribution < 1.29 is 19.2 Å². The Morgan fingerprint density at radius 1 is 1.04 bits per heavy atom. The van der Waals surface area contributed by atoms with E-state index in [1.165, 1.54) is 4.90 Å². The van der Waals surface area contributed by atoms with E-state index in [9.17, 15) is 19.2 Å². The van der Waals surface area contributed by atoms with Crippen LogP contribution in [0.15, 0.2) is 24.3 Å². The van der Waals surface area contributed by atoms with Crippen molar-refractivity contribution in [3.05, 3.63) is 24.3 Å². The Labute approximate surface area is 164 Å². The number of likely N-dealkylation sites (tertiary alicyclic amines) is 1. The molecule has 2 saturated heterocycles. The van der Waals surface area contributed by atoms with Crippen LogP contribution in [0.1, 0.15) is 44.9 Å². The number of carbonyl (C=O) groups excluding carboxylic acids is 4. The number of fused-ring (bicyclic) bond motifs is 1. The molecular weight excluding hydrogens is 358 g/mol. The first kappa shape index (κ1) is 18.7. The van der Waals surface area contributed by atoms with E-state index in [2.05, 4.69) is 5.32 Å². The molecule has 148 valence electrons. The highest BCUT2D eigenvalue weighted by molar-refractivity contribution is 6.05. The molecule has 1 aromatic carbocycles. The highest BCUT2D eigenvalue weighted by Crippen LogP contribution is 2.38. The number of imide groups is 1. The molecule has 0 radical (unpaired) electrons. The van der Waals surface area contributed by atoms with Gasteiger partial charge in [0.25, 0.3) is 0 Å². The lowest BCUT2D eigenvalue weighted by Crippen LogP contribution is -2.34. The average molecular weight is 383 g/mol. The van der Waals surface area contributed by atoms with E-state index in [4.69, 9.17) is 0 Å². The molecule has 1 N–H and O–H groups in total. The van der Waals surface area contributed by atoms with Crippen molar-refractivity contribution >= 4 is 35.0 Å². The van der Waals surface area contributed by atoms with Gasteiger partial charge in [-0.15, -0.1) is 0 Å². The molecule has 0 aromatic heterocycles. The summed E-state index contributed by atoms with van der Waals surface area (Å²) >= 11 is 0. The van der Waals surface area contributed by atoms with Crippen molar-refractivity contribution in [2.45, 2.75) is 44.9 Å². The van der Waals surface area contributed by atoms with E-state index in [1.54, 1.807) is 23.1 Å². The Morgan fingerprint density at radius 3 is 2.39 bits per heavy atom. The van der Waals surface area contributed by atoms with Gasteiger partial charge in [0.2, 0.25) is 23.6 Å². The van der Waals surface area contributed by atoms with E-state index in [1.807, 2.05) is 6.07 Å². The molecule has 2 atom stereocenters. The zero-order valence-corrected chi connectivity index (χ0v) is 15.9. The van der Waals surface area contributed by atoms with Gasteiger partial charge in [-0.05, 0) is 37.5 Å². The molecule has 7 nitrogen and oxygen atoms in total. The van der Waals surface area contributed by atoms with Crippen molar-refractivity contribution in [1.82, 2.24) is 4.90 Å². The zero-order valence-electron chi connectivity index (χ0n) is 15.9. The number of amides is 4. The summed E-state index contributed by atoms with van der Waals surface area (Å²) in [7, 11) is 0. The van der Waals surface area contributed by atoms with Crippen molar-refractivity contribution in [3.63, 3.8) is 0 Å². The summed E-state index contributed by atoms with van der Waals surface area (Å²) in [6, 6.07) is 7.20. The molecule has 0 unspecified atom stereocenters. The number of hydrogen-bond acceptors (Lipinski definition) is 4. The maximum Gasteiger partial charge on any atom is 0.233 e. The first-order chi connectivity index (χ1) is 13.5. The number of nitrogens with one attached hydrogen (secondary N) is 1. The Bertz CT molecular complexity index is 798. The largest absolute Gasteiger partial charge is 0.326 e. The maximum atomic E-state index is 12.5. The minimum atomic E-state index is -0.250. The van der Waals surface area contributed by atoms with E-state index in [0.29, 0.717) is 18.7 Å². The number of carbonyl (C=O) groups is 4. The quantitative estimate of drug-likeness (QED) is 0.791. The third kappa shape index (κ3) is 3.53. The molecule has 1 aliphatic carbocycles. The summed E-state index contributed by atoms with van der Waals surface area (Å²) in [6.45, 7) is 0.818. The van der Waals surface area contributed by atoms with Crippen LogP contribution in [-0.4, -0.2) is 41.6 Å². The van der Waals surface area contributed by atoms with E-state index in [0.717, 1.165) is 37.8 Å². The smallest absolute Gasteiger partial charge is 0.233 e. The first-order valence-electron chi connectivity index (χ1n) is 10.1. The molecule has 28 heavy (non-hydrogen) atoms. The fourth-order valence-corrected chi connectivity index (χ4v) is 4.56. The molecule has 0 spiro atoms. The summed E-state index contributed by atoms with van der Waals surface area (Å²) in [5.41, 5.74) is 1.38. The van der Waals surface area contributed by atoms with Crippen LogP contribution in [0.25, 0.3) is 0 Å². The average Bonchev–Trinajstić information content (AvgIpc) is 3.23. The number of anilines is 2. The standard InChI is InChI=1S/C21H25N3O4/c25-18(10-12-24-20(27)16-7-1-2-8-17(16)21(24)28)22-14-5-3-6-15(13-14)23-11-4-9-19(23)26/h3,5-6,13,16-17H,1-2,4,7-12H2,(H,22,25)/t16-,17-/m0/s1. The third-order valence-electron chi connectivity index (χ3n) is 6.01. The second-order valence-electron chi connectivity index (χ2n) is 7.82. The topological polar surface area (TPSA) is 86.8 Å². The number of nitrogens with zero attached hydrogens (tertiary/aromatic N) is 2. The zero-order chi connectivity index (χ0) is 19.7. The molecule has 1 saturated carbocycles. The van der Waals surface area contributed by atoms with Gasteiger partial charge >= 0.3 is 0 Å². The van der Waals surface area contributed by atoms with Crippen molar-refractivity contribution in [3.8, 4) is 0 Å². The summed E-state index contributed by atoms with van der Waals surface area (Å²) < 4.78 is 0.